The molecule has 0 aromatic heterocycles. The van der Waals surface area contributed by atoms with Gasteiger partial charge in [0.2, 0.25) is 5.25 Å². The molecule has 0 atom stereocenters. The Labute approximate surface area is 74.1 Å². The second-order valence-corrected chi connectivity index (χ2v) is 3.86. The first-order valence-electron chi connectivity index (χ1n) is 4.63. The first-order valence-corrected chi connectivity index (χ1v) is 5.44. The van der Waals surface area contributed by atoms with Crippen LogP contribution in [0.4, 0.5) is 0 Å². The fourth-order valence-electron chi connectivity index (χ4n) is 1.10. The molecule has 0 aliphatic carbocycles. The molecule has 66 valence electrons. The van der Waals surface area contributed by atoms with Crippen molar-refractivity contribution in [1.29, 1.82) is 0 Å². The molecule has 0 aliphatic rings. The Balaban J connectivity index is 3.33. The normalized spacial score (nSPS) is 10.5. The molecule has 0 N–H and O–H groups in total. The minimum atomic E-state index is 0.384. The maximum Gasteiger partial charge on any atom is 0.462 e. The second-order valence-electron chi connectivity index (χ2n) is 3.00. The molecular formula is C9H19OS+. The smallest absolute Gasteiger partial charge is 0.0654 e. The van der Waals surface area contributed by atoms with Crippen molar-refractivity contribution in [1.82, 2.24) is 0 Å². The van der Waals surface area contributed by atoms with Gasteiger partial charge in [0.25, 0.3) is 0 Å². The zero-order valence-corrected chi connectivity index (χ0v) is 8.45. The summed E-state index contributed by atoms with van der Waals surface area (Å²) in [6, 6.07) is 0. The van der Waals surface area contributed by atoms with E-state index >= 15 is 0 Å². The van der Waals surface area contributed by atoms with Crippen molar-refractivity contribution in [2.24, 2.45) is 0 Å². The van der Waals surface area contributed by atoms with Gasteiger partial charge in [-0.05, 0) is 12.8 Å². The van der Waals surface area contributed by atoms with Crippen LogP contribution in [0.1, 0.15) is 52.4 Å². The zero-order valence-electron chi connectivity index (χ0n) is 7.64. The van der Waals surface area contributed by atoms with E-state index in [0.29, 0.717) is 5.25 Å². The van der Waals surface area contributed by atoms with Crippen molar-refractivity contribution < 1.29 is 4.21 Å². The first-order chi connectivity index (χ1) is 5.35. The molecule has 0 aliphatic heterocycles. The van der Waals surface area contributed by atoms with Crippen molar-refractivity contribution in [3.63, 3.8) is 0 Å². The van der Waals surface area contributed by atoms with Crippen LogP contribution in [0.5, 0.6) is 0 Å². The Bertz CT molecular complexity index is 85.6. The summed E-state index contributed by atoms with van der Waals surface area (Å²) in [6.07, 6.45) is 7.08. The number of hydrogen-bond acceptors (Lipinski definition) is 1. The summed E-state index contributed by atoms with van der Waals surface area (Å²) in [5.41, 5.74) is 0. The Kier molecular flexibility index (Phi) is 8.13. The first kappa shape index (κ1) is 11.0. The van der Waals surface area contributed by atoms with Gasteiger partial charge in [0.15, 0.2) is 0 Å². The average Bonchev–Trinajstić information content (AvgIpc) is 2.05. The van der Waals surface area contributed by atoms with Gasteiger partial charge in [-0.1, -0.05) is 26.7 Å². The van der Waals surface area contributed by atoms with E-state index in [9.17, 15) is 4.21 Å². The van der Waals surface area contributed by atoms with Crippen LogP contribution in [0.2, 0.25) is 0 Å². The third kappa shape index (κ3) is 6.42. The summed E-state index contributed by atoms with van der Waals surface area (Å²) in [5.74, 6) is 0. The number of rotatable bonds is 7. The van der Waals surface area contributed by atoms with Crippen molar-refractivity contribution in [2.45, 2.75) is 57.6 Å². The van der Waals surface area contributed by atoms with Crippen LogP contribution in [0.25, 0.3) is 0 Å². The Morgan fingerprint density at radius 3 is 1.82 bits per heavy atom. The maximum absolute atomic E-state index is 10.6. The van der Waals surface area contributed by atoms with Gasteiger partial charge in [0.05, 0.1) is 0 Å². The highest BCUT2D eigenvalue weighted by Gasteiger charge is 2.19. The van der Waals surface area contributed by atoms with Gasteiger partial charge < -0.3 is 0 Å². The molecular weight excluding hydrogens is 156 g/mol. The Hall–Kier alpha value is 0.0200. The van der Waals surface area contributed by atoms with Gasteiger partial charge in [0, 0.05) is 17.1 Å². The van der Waals surface area contributed by atoms with Gasteiger partial charge in [-0.2, -0.15) is 0 Å². The van der Waals surface area contributed by atoms with Crippen LogP contribution in [0, 0.1) is 0 Å². The largest absolute Gasteiger partial charge is 0.462 e. The van der Waals surface area contributed by atoms with E-state index in [-0.39, 0.29) is 0 Å². The van der Waals surface area contributed by atoms with E-state index in [2.05, 4.69) is 13.8 Å². The summed E-state index contributed by atoms with van der Waals surface area (Å²) < 4.78 is 10.6. The molecule has 0 aromatic carbocycles. The quantitative estimate of drug-likeness (QED) is 0.543. The fraction of sp³-hybridized carbons (Fsp3) is 1.00. The molecule has 0 bridgehead atoms. The second kappa shape index (κ2) is 8.12. The molecule has 0 aromatic rings. The van der Waals surface area contributed by atoms with Gasteiger partial charge in [-0.25, -0.2) is 0 Å². The molecule has 0 unspecified atom stereocenters. The molecule has 0 heterocycles. The van der Waals surface area contributed by atoms with E-state index in [4.69, 9.17) is 0 Å². The standard InChI is InChI=1S/C9H19OS/c1-3-5-7-9(11-10)8-6-4-2/h9H,3-8H2,1-2H3/q+1. The van der Waals surface area contributed by atoms with Crippen LogP contribution in [0.3, 0.4) is 0 Å². The van der Waals surface area contributed by atoms with Gasteiger partial charge in [-0.3, -0.25) is 0 Å². The van der Waals surface area contributed by atoms with Crippen molar-refractivity contribution in [2.75, 3.05) is 0 Å². The monoisotopic (exact) mass is 175 g/mol. The van der Waals surface area contributed by atoms with Gasteiger partial charge in [-0.15, -0.1) is 0 Å². The summed E-state index contributed by atoms with van der Waals surface area (Å²) in [5, 5.41) is 0.384. The van der Waals surface area contributed by atoms with Gasteiger partial charge >= 0.3 is 11.7 Å². The summed E-state index contributed by atoms with van der Waals surface area (Å²) in [4.78, 5) is 0. The highest BCUT2D eigenvalue weighted by molar-refractivity contribution is 7.66. The van der Waals surface area contributed by atoms with Crippen LogP contribution >= 0.6 is 0 Å². The highest BCUT2D eigenvalue weighted by atomic mass is 32.1. The molecule has 2 heteroatoms. The van der Waals surface area contributed by atoms with E-state index in [1.165, 1.54) is 25.7 Å². The summed E-state index contributed by atoms with van der Waals surface area (Å²) in [6.45, 7) is 4.35. The molecule has 0 fully saturated rings. The lowest BCUT2D eigenvalue weighted by molar-refractivity contribution is 0.568. The fourth-order valence-corrected chi connectivity index (χ4v) is 1.63. The third-order valence-electron chi connectivity index (χ3n) is 1.90. The molecule has 11 heavy (non-hydrogen) atoms. The topological polar surface area (TPSA) is 17.1 Å². The van der Waals surface area contributed by atoms with E-state index in [0.717, 1.165) is 24.5 Å². The molecule has 0 radical (unpaired) electrons. The van der Waals surface area contributed by atoms with Gasteiger partial charge in [0.1, 0.15) is 0 Å². The number of hydrogen-bond donors (Lipinski definition) is 0. The molecule has 0 saturated heterocycles. The lowest BCUT2D eigenvalue weighted by atomic mass is 10.1. The predicted molar refractivity (Wildman–Crippen MR) is 50.9 cm³/mol. The van der Waals surface area contributed by atoms with E-state index < -0.39 is 0 Å². The number of unbranched alkanes of at least 4 members (excludes halogenated alkanes) is 2. The van der Waals surface area contributed by atoms with Crippen molar-refractivity contribution in [3.05, 3.63) is 0 Å². The summed E-state index contributed by atoms with van der Waals surface area (Å²) in [7, 11) is 0. The molecule has 0 saturated carbocycles. The third-order valence-corrected chi connectivity index (χ3v) is 2.64. The van der Waals surface area contributed by atoms with Crippen LogP contribution in [-0.2, 0) is 15.9 Å². The SMILES string of the molecule is CCCCC(CCCC)[S+]=O. The van der Waals surface area contributed by atoms with Crippen LogP contribution in [-0.4, -0.2) is 5.25 Å². The average molecular weight is 175 g/mol. The minimum absolute atomic E-state index is 0.384. The predicted octanol–water partition coefficient (Wildman–Crippen LogP) is 3.16. The lowest BCUT2D eigenvalue weighted by Gasteiger charge is -1.97. The molecule has 0 amide bonds. The summed E-state index contributed by atoms with van der Waals surface area (Å²) >= 11 is 0.800. The maximum atomic E-state index is 10.6. The van der Waals surface area contributed by atoms with E-state index in [1.54, 1.807) is 0 Å². The van der Waals surface area contributed by atoms with Crippen LogP contribution < -0.4 is 0 Å². The highest BCUT2D eigenvalue weighted by Crippen LogP contribution is 2.09. The Morgan fingerprint density at radius 1 is 1.09 bits per heavy atom. The molecule has 1 nitrogen and oxygen atoms in total. The lowest BCUT2D eigenvalue weighted by Crippen LogP contribution is -2.04. The molecule has 0 spiro atoms. The minimum Gasteiger partial charge on any atom is -0.0654 e. The van der Waals surface area contributed by atoms with Crippen molar-refractivity contribution >= 4 is 11.7 Å². The molecule has 0 rings (SSSR count). The zero-order chi connectivity index (χ0) is 8.53. The Morgan fingerprint density at radius 2 is 1.55 bits per heavy atom. The van der Waals surface area contributed by atoms with Crippen molar-refractivity contribution in [3.8, 4) is 0 Å². The van der Waals surface area contributed by atoms with Crippen LogP contribution in [0.15, 0.2) is 0 Å². The van der Waals surface area contributed by atoms with E-state index in [1.807, 2.05) is 0 Å².